The zero-order valence-electron chi connectivity index (χ0n) is 22.2. The minimum Gasteiger partial charge on any atom is -0.495 e. The molecule has 2 heterocycles. The van der Waals surface area contributed by atoms with Crippen LogP contribution in [0.15, 0.2) is 87.9 Å². The van der Waals surface area contributed by atoms with Crippen LogP contribution in [0, 0.1) is 11.3 Å². The molecule has 1 aliphatic heterocycles. The van der Waals surface area contributed by atoms with Crippen molar-refractivity contribution in [2.75, 3.05) is 18.2 Å². The van der Waals surface area contributed by atoms with Gasteiger partial charge >= 0.3 is 0 Å². The molecule has 200 valence electrons. The van der Waals surface area contributed by atoms with E-state index < -0.39 is 5.92 Å². The van der Waals surface area contributed by atoms with Gasteiger partial charge in [0.15, 0.2) is 5.78 Å². The molecule has 1 aromatic heterocycles. The Morgan fingerprint density at radius 1 is 1.13 bits per heavy atom. The van der Waals surface area contributed by atoms with Crippen molar-refractivity contribution in [3.05, 3.63) is 104 Å². The van der Waals surface area contributed by atoms with Crippen LogP contribution in [-0.2, 0) is 11.2 Å². The lowest BCUT2D eigenvalue weighted by Crippen LogP contribution is -2.30. The molecule has 6 nitrogen and oxygen atoms in total. The summed E-state index contributed by atoms with van der Waals surface area (Å²) in [5.41, 5.74) is 3.93. The predicted octanol–water partition coefficient (Wildman–Crippen LogP) is 7.05. The number of nitrogens with zero attached hydrogens (tertiary/aromatic N) is 1. The van der Waals surface area contributed by atoms with Crippen molar-refractivity contribution in [1.82, 2.24) is 5.32 Å². The number of hydrogen-bond acceptors (Lipinski definition) is 7. The lowest BCUT2D eigenvalue weighted by molar-refractivity contribution is -0.113. The molecule has 1 aliphatic rings. The van der Waals surface area contributed by atoms with Crippen LogP contribution in [0.3, 0.4) is 0 Å². The Kier molecular flexibility index (Phi) is 9.64. The number of anilines is 1. The van der Waals surface area contributed by atoms with E-state index >= 15 is 0 Å². The van der Waals surface area contributed by atoms with Gasteiger partial charge in [0.25, 0.3) is 5.91 Å². The number of benzene rings is 2. The van der Waals surface area contributed by atoms with Crippen LogP contribution >= 0.6 is 23.1 Å². The van der Waals surface area contributed by atoms with Gasteiger partial charge < -0.3 is 15.4 Å². The lowest BCUT2D eigenvalue weighted by Gasteiger charge is -2.29. The Hall–Kier alpha value is -3.80. The molecule has 2 aromatic carbocycles. The molecule has 1 atom stereocenters. The molecule has 2 N–H and O–H groups in total. The summed E-state index contributed by atoms with van der Waals surface area (Å²) >= 11 is 2.78. The van der Waals surface area contributed by atoms with Gasteiger partial charge in [-0.2, -0.15) is 5.26 Å². The minimum atomic E-state index is -0.554. The van der Waals surface area contributed by atoms with Gasteiger partial charge in [0, 0.05) is 21.7 Å². The SMILES string of the molecule is CCCCc1ccc(C(=O)CSC2=C(C#N)[C@H](c3cccs3)C(C(=O)Nc3ccccc3OC)=C(C)N2)cc1. The number of carbonyl (C=O) groups excluding carboxylic acids is 2. The van der Waals surface area contributed by atoms with Gasteiger partial charge in [-0.05, 0) is 48.9 Å². The van der Waals surface area contributed by atoms with Crippen LogP contribution in [0.4, 0.5) is 5.69 Å². The molecule has 0 saturated heterocycles. The molecule has 0 unspecified atom stereocenters. The maximum Gasteiger partial charge on any atom is 0.254 e. The molecule has 39 heavy (non-hydrogen) atoms. The fraction of sp³-hybridized carbons (Fsp3) is 0.258. The van der Waals surface area contributed by atoms with Gasteiger partial charge in [-0.15, -0.1) is 11.3 Å². The third-order valence-corrected chi connectivity index (χ3v) is 8.47. The topological polar surface area (TPSA) is 91.2 Å². The first-order valence-corrected chi connectivity index (χ1v) is 14.7. The number of nitriles is 1. The first-order valence-electron chi connectivity index (χ1n) is 12.8. The summed E-state index contributed by atoms with van der Waals surface area (Å²) in [6, 6.07) is 21.1. The number of thioether (sulfide) groups is 1. The highest BCUT2D eigenvalue weighted by molar-refractivity contribution is 8.03. The second-order valence-electron chi connectivity index (χ2n) is 9.13. The van der Waals surface area contributed by atoms with Crippen molar-refractivity contribution >= 4 is 40.5 Å². The van der Waals surface area contributed by atoms with Gasteiger partial charge in [-0.1, -0.05) is 67.6 Å². The zero-order chi connectivity index (χ0) is 27.8. The van der Waals surface area contributed by atoms with Crippen molar-refractivity contribution in [2.45, 2.75) is 39.0 Å². The summed E-state index contributed by atoms with van der Waals surface area (Å²) in [5, 5.41) is 19.0. The highest BCUT2D eigenvalue weighted by Gasteiger charge is 2.35. The smallest absolute Gasteiger partial charge is 0.254 e. The van der Waals surface area contributed by atoms with Gasteiger partial charge in [-0.3, -0.25) is 9.59 Å². The van der Waals surface area contributed by atoms with Crippen LogP contribution in [0.5, 0.6) is 5.75 Å². The predicted molar refractivity (Wildman–Crippen MR) is 159 cm³/mol. The number of dihydropyridines is 1. The number of allylic oxidation sites excluding steroid dienone is 2. The van der Waals surface area contributed by atoms with Crippen molar-refractivity contribution < 1.29 is 14.3 Å². The van der Waals surface area contributed by atoms with Crippen molar-refractivity contribution in [1.29, 1.82) is 5.26 Å². The fourth-order valence-electron chi connectivity index (χ4n) is 4.46. The summed E-state index contributed by atoms with van der Waals surface area (Å²) in [6.07, 6.45) is 3.26. The quantitative estimate of drug-likeness (QED) is 0.246. The number of methoxy groups -OCH3 is 1. The third-order valence-electron chi connectivity index (χ3n) is 6.52. The molecule has 0 saturated carbocycles. The number of rotatable bonds is 11. The van der Waals surface area contributed by atoms with E-state index in [9.17, 15) is 14.9 Å². The van der Waals surface area contributed by atoms with Crippen molar-refractivity contribution in [2.24, 2.45) is 0 Å². The van der Waals surface area contributed by atoms with Crippen LogP contribution < -0.4 is 15.4 Å². The number of para-hydroxylation sites is 2. The lowest BCUT2D eigenvalue weighted by atomic mass is 9.86. The number of nitrogens with one attached hydrogen (secondary N) is 2. The second kappa shape index (κ2) is 13.3. The van der Waals surface area contributed by atoms with E-state index in [1.807, 2.05) is 60.8 Å². The first kappa shape index (κ1) is 28.2. The average molecular weight is 558 g/mol. The molecule has 8 heteroatoms. The summed E-state index contributed by atoms with van der Waals surface area (Å²) in [4.78, 5) is 27.5. The molecule has 4 rings (SSSR count). The van der Waals surface area contributed by atoms with E-state index in [2.05, 4.69) is 23.6 Å². The van der Waals surface area contributed by atoms with Gasteiger partial charge in [0.2, 0.25) is 0 Å². The monoisotopic (exact) mass is 557 g/mol. The number of hydrogen-bond donors (Lipinski definition) is 2. The fourth-order valence-corrected chi connectivity index (χ4v) is 6.29. The maximum atomic E-state index is 13.6. The van der Waals surface area contributed by atoms with E-state index in [1.165, 1.54) is 28.7 Å². The van der Waals surface area contributed by atoms with Crippen LogP contribution in [-0.4, -0.2) is 24.6 Å². The van der Waals surface area contributed by atoms with Gasteiger partial charge in [0.1, 0.15) is 5.75 Å². The number of thiophene rings is 1. The highest BCUT2D eigenvalue weighted by atomic mass is 32.2. The van der Waals surface area contributed by atoms with E-state index in [1.54, 1.807) is 19.2 Å². The van der Waals surface area contributed by atoms with Crippen LogP contribution in [0.1, 0.15) is 53.4 Å². The molecule has 0 radical (unpaired) electrons. The van der Waals surface area contributed by atoms with E-state index in [0.717, 1.165) is 24.1 Å². The van der Waals surface area contributed by atoms with Crippen molar-refractivity contribution in [3.63, 3.8) is 0 Å². The molecule has 3 aromatic rings. The standard InChI is InChI=1S/C31H31N3O3S2/c1-4-5-9-21-13-15-22(16-14-21)25(35)19-39-31-23(18-32)29(27-12-8-17-38-27)28(20(2)33-31)30(36)34-24-10-6-7-11-26(24)37-3/h6-8,10-17,29,33H,4-5,9,19H2,1-3H3,(H,34,36)/t29-/m1/s1. The van der Waals surface area contributed by atoms with E-state index in [4.69, 9.17) is 4.74 Å². The Morgan fingerprint density at radius 2 is 1.90 bits per heavy atom. The molecule has 0 bridgehead atoms. The molecule has 0 spiro atoms. The number of amides is 1. The molecule has 0 aliphatic carbocycles. The van der Waals surface area contributed by atoms with Gasteiger partial charge in [-0.25, -0.2) is 0 Å². The number of ether oxygens (including phenoxy) is 1. The largest absolute Gasteiger partial charge is 0.495 e. The maximum absolute atomic E-state index is 13.6. The Labute approximate surface area is 237 Å². The normalized spacial score (nSPS) is 15.0. The van der Waals surface area contributed by atoms with Crippen LogP contribution in [0.25, 0.3) is 0 Å². The first-order chi connectivity index (χ1) is 19.0. The van der Waals surface area contributed by atoms with Crippen molar-refractivity contribution in [3.8, 4) is 11.8 Å². The number of Topliss-reactive ketones (excluding diaryl/α,β-unsaturated/α-hetero) is 1. The Balaban J connectivity index is 1.58. The Morgan fingerprint density at radius 3 is 2.56 bits per heavy atom. The number of carbonyl (C=O) groups is 2. The highest BCUT2D eigenvalue weighted by Crippen LogP contribution is 2.42. The molecular formula is C31H31N3O3S2. The number of ketones is 1. The van der Waals surface area contributed by atoms with Crippen LogP contribution in [0.2, 0.25) is 0 Å². The average Bonchev–Trinajstić information content (AvgIpc) is 3.49. The summed E-state index contributed by atoms with van der Waals surface area (Å²) in [6.45, 7) is 3.98. The Bertz CT molecular complexity index is 1430. The zero-order valence-corrected chi connectivity index (χ0v) is 23.9. The molecular weight excluding hydrogens is 526 g/mol. The molecule has 0 fully saturated rings. The van der Waals surface area contributed by atoms with E-state index in [0.29, 0.717) is 38.9 Å². The summed E-state index contributed by atoms with van der Waals surface area (Å²) < 4.78 is 5.39. The number of aryl methyl sites for hydroxylation is 1. The summed E-state index contributed by atoms with van der Waals surface area (Å²) in [5.74, 6) is -0.164. The third kappa shape index (κ3) is 6.62. The van der Waals surface area contributed by atoms with E-state index in [-0.39, 0.29) is 17.4 Å². The minimum absolute atomic E-state index is 0.0114. The molecule has 1 amide bonds. The summed E-state index contributed by atoms with van der Waals surface area (Å²) in [7, 11) is 1.55. The number of unbranched alkanes of at least 4 members (excludes halogenated alkanes) is 1. The van der Waals surface area contributed by atoms with Gasteiger partial charge in [0.05, 0.1) is 41.1 Å². The second-order valence-corrected chi connectivity index (χ2v) is 11.1.